The summed E-state index contributed by atoms with van der Waals surface area (Å²) in [5.41, 5.74) is 0.330. The van der Waals surface area contributed by atoms with E-state index in [-0.39, 0.29) is 16.9 Å². The van der Waals surface area contributed by atoms with Gasteiger partial charge in [-0.3, -0.25) is 4.79 Å². The van der Waals surface area contributed by atoms with E-state index in [0.29, 0.717) is 11.0 Å². The van der Waals surface area contributed by atoms with Crippen molar-refractivity contribution >= 4 is 21.8 Å². The van der Waals surface area contributed by atoms with Crippen LogP contribution in [-0.4, -0.2) is 12.5 Å². The van der Waals surface area contributed by atoms with E-state index in [4.69, 9.17) is 0 Å². The van der Waals surface area contributed by atoms with Crippen molar-refractivity contribution in [3.8, 4) is 0 Å². The molecule has 1 fully saturated rings. The van der Waals surface area contributed by atoms with E-state index in [1.807, 2.05) is 0 Å². The molecule has 0 saturated heterocycles. The first-order valence-electron chi connectivity index (χ1n) is 5.23. The summed E-state index contributed by atoms with van der Waals surface area (Å²) in [6, 6.07) is 4.37. The van der Waals surface area contributed by atoms with Crippen LogP contribution in [0.25, 0.3) is 0 Å². The van der Waals surface area contributed by atoms with E-state index in [1.54, 1.807) is 6.07 Å². The van der Waals surface area contributed by atoms with Crippen LogP contribution in [0.1, 0.15) is 30.1 Å². The van der Waals surface area contributed by atoms with E-state index in [0.717, 1.165) is 12.8 Å². The second-order valence-electron chi connectivity index (χ2n) is 4.62. The maximum atomic E-state index is 13.4. The van der Waals surface area contributed by atoms with Crippen molar-refractivity contribution in [1.82, 2.24) is 5.32 Å². The van der Waals surface area contributed by atoms with Crippen LogP contribution in [0.4, 0.5) is 4.39 Å². The molecule has 1 N–H and O–H groups in total. The highest BCUT2D eigenvalue weighted by molar-refractivity contribution is 9.10. The van der Waals surface area contributed by atoms with Gasteiger partial charge in [-0.15, -0.1) is 0 Å². The van der Waals surface area contributed by atoms with Gasteiger partial charge >= 0.3 is 0 Å². The van der Waals surface area contributed by atoms with Crippen molar-refractivity contribution in [2.45, 2.75) is 19.8 Å². The predicted molar refractivity (Wildman–Crippen MR) is 63.8 cm³/mol. The van der Waals surface area contributed by atoms with Crippen LogP contribution in [0.5, 0.6) is 0 Å². The zero-order valence-corrected chi connectivity index (χ0v) is 10.6. The van der Waals surface area contributed by atoms with Crippen molar-refractivity contribution < 1.29 is 9.18 Å². The first-order chi connectivity index (χ1) is 7.50. The maximum absolute atomic E-state index is 13.4. The van der Waals surface area contributed by atoms with Crippen LogP contribution in [0.3, 0.4) is 0 Å². The fraction of sp³-hybridized carbons (Fsp3) is 0.417. The third-order valence-electron chi connectivity index (χ3n) is 2.95. The van der Waals surface area contributed by atoms with Gasteiger partial charge < -0.3 is 5.32 Å². The van der Waals surface area contributed by atoms with Crippen LogP contribution in [0.2, 0.25) is 0 Å². The highest BCUT2D eigenvalue weighted by Gasteiger charge is 2.37. The van der Waals surface area contributed by atoms with Gasteiger partial charge in [0.2, 0.25) is 0 Å². The second-order valence-corrected chi connectivity index (χ2v) is 5.53. The van der Waals surface area contributed by atoms with Crippen LogP contribution in [0.15, 0.2) is 22.7 Å². The zero-order valence-electron chi connectivity index (χ0n) is 9.02. The first kappa shape index (κ1) is 11.6. The number of carbonyl (C=O) groups is 1. The Morgan fingerprint density at radius 3 is 2.88 bits per heavy atom. The summed E-state index contributed by atoms with van der Waals surface area (Å²) in [6.45, 7) is 2.74. The van der Waals surface area contributed by atoms with E-state index < -0.39 is 5.82 Å². The number of nitrogens with one attached hydrogen (secondary N) is 1. The second kappa shape index (κ2) is 4.17. The molecule has 0 radical (unpaired) electrons. The number of rotatable bonds is 3. The minimum Gasteiger partial charge on any atom is -0.351 e. The predicted octanol–water partition coefficient (Wildman–Crippen LogP) is 3.12. The summed E-state index contributed by atoms with van der Waals surface area (Å²) in [4.78, 5) is 11.7. The third-order valence-corrected chi connectivity index (χ3v) is 3.45. The van der Waals surface area contributed by atoms with E-state index >= 15 is 0 Å². The molecule has 0 bridgehead atoms. The molecule has 0 spiro atoms. The lowest BCUT2D eigenvalue weighted by Crippen LogP contribution is -2.29. The summed E-state index contributed by atoms with van der Waals surface area (Å²) in [5.74, 6) is -0.825. The molecule has 2 rings (SSSR count). The van der Waals surface area contributed by atoms with Gasteiger partial charge in [0.25, 0.3) is 5.91 Å². The highest BCUT2D eigenvalue weighted by atomic mass is 79.9. The summed E-state index contributed by atoms with van der Waals surface area (Å²) in [5, 5.41) is 2.77. The number of hydrogen-bond acceptors (Lipinski definition) is 1. The molecule has 0 aromatic heterocycles. The summed E-state index contributed by atoms with van der Waals surface area (Å²) in [6.07, 6.45) is 2.27. The molecule has 0 heterocycles. The lowest BCUT2D eigenvalue weighted by molar-refractivity contribution is 0.0942. The summed E-state index contributed by atoms with van der Waals surface area (Å²) < 4.78 is 14.1. The SMILES string of the molecule is CC1(CNC(=O)c2cc(Br)ccc2F)CC1. The average Bonchev–Trinajstić information content (AvgIpc) is 2.97. The zero-order chi connectivity index (χ0) is 11.8. The largest absolute Gasteiger partial charge is 0.351 e. The molecule has 1 aromatic carbocycles. The molecule has 1 aliphatic rings. The van der Waals surface area contributed by atoms with Gasteiger partial charge in [-0.25, -0.2) is 4.39 Å². The van der Waals surface area contributed by atoms with Gasteiger partial charge in [-0.1, -0.05) is 22.9 Å². The number of hydrogen-bond donors (Lipinski definition) is 1. The van der Waals surface area contributed by atoms with Gasteiger partial charge in [-0.05, 0) is 36.5 Å². The van der Waals surface area contributed by atoms with Crippen LogP contribution < -0.4 is 5.32 Å². The lowest BCUT2D eigenvalue weighted by Gasteiger charge is -2.10. The molecule has 1 amide bonds. The quantitative estimate of drug-likeness (QED) is 0.908. The molecule has 0 unspecified atom stereocenters. The Hall–Kier alpha value is -0.900. The number of carbonyl (C=O) groups excluding carboxylic acids is 1. The highest BCUT2D eigenvalue weighted by Crippen LogP contribution is 2.44. The molecular weight excluding hydrogens is 273 g/mol. The Bertz CT molecular complexity index is 429. The van der Waals surface area contributed by atoms with E-state index in [9.17, 15) is 9.18 Å². The van der Waals surface area contributed by atoms with Crippen LogP contribution >= 0.6 is 15.9 Å². The monoisotopic (exact) mass is 285 g/mol. The smallest absolute Gasteiger partial charge is 0.254 e. The standard InChI is InChI=1S/C12H13BrFNO/c1-12(4-5-12)7-15-11(16)9-6-8(13)2-3-10(9)14/h2-3,6H,4-5,7H2,1H3,(H,15,16). The topological polar surface area (TPSA) is 29.1 Å². The fourth-order valence-electron chi connectivity index (χ4n) is 1.45. The Morgan fingerprint density at radius 2 is 2.25 bits per heavy atom. The van der Waals surface area contributed by atoms with Crippen molar-refractivity contribution in [1.29, 1.82) is 0 Å². The van der Waals surface area contributed by atoms with Crippen molar-refractivity contribution in [3.05, 3.63) is 34.1 Å². The molecule has 1 aliphatic carbocycles. The van der Waals surface area contributed by atoms with Crippen molar-refractivity contribution in [3.63, 3.8) is 0 Å². The Kier molecular flexibility index (Phi) is 3.02. The van der Waals surface area contributed by atoms with Gasteiger partial charge in [0.15, 0.2) is 0 Å². The van der Waals surface area contributed by atoms with E-state index in [2.05, 4.69) is 28.2 Å². The Labute approximate surface area is 102 Å². The number of halogens is 2. The fourth-order valence-corrected chi connectivity index (χ4v) is 1.81. The van der Waals surface area contributed by atoms with Crippen LogP contribution in [-0.2, 0) is 0 Å². The molecule has 2 nitrogen and oxygen atoms in total. The Morgan fingerprint density at radius 1 is 1.56 bits per heavy atom. The summed E-state index contributed by atoms with van der Waals surface area (Å²) >= 11 is 3.22. The minimum absolute atomic E-state index is 0.0959. The molecular formula is C12H13BrFNO. The molecule has 1 saturated carbocycles. The molecule has 4 heteroatoms. The summed E-state index contributed by atoms with van der Waals surface area (Å²) in [7, 11) is 0. The van der Waals surface area contributed by atoms with Crippen molar-refractivity contribution in [2.75, 3.05) is 6.54 Å². The molecule has 0 aliphatic heterocycles. The Balaban J connectivity index is 2.05. The number of amides is 1. The molecule has 0 atom stereocenters. The average molecular weight is 286 g/mol. The molecule has 16 heavy (non-hydrogen) atoms. The van der Waals surface area contributed by atoms with E-state index in [1.165, 1.54) is 12.1 Å². The molecule has 1 aromatic rings. The van der Waals surface area contributed by atoms with Crippen LogP contribution in [0, 0.1) is 11.2 Å². The maximum Gasteiger partial charge on any atom is 0.254 e. The van der Waals surface area contributed by atoms with Gasteiger partial charge in [0, 0.05) is 11.0 Å². The minimum atomic E-state index is -0.485. The third kappa shape index (κ3) is 2.61. The normalized spacial score (nSPS) is 16.9. The van der Waals surface area contributed by atoms with Gasteiger partial charge in [0.05, 0.1) is 5.56 Å². The van der Waals surface area contributed by atoms with Gasteiger partial charge in [-0.2, -0.15) is 0 Å². The lowest BCUT2D eigenvalue weighted by atomic mass is 10.1. The van der Waals surface area contributed by atoms with Crippen molar-refractivity contribution in [2.24, 2.45) is 5.41 Å². The van der Waals surface area contributed by atoms with Gasteiger partial charge in [0.1, 0.15) is 5.82 Å². The first-order valence-corrected chi connectivity index (χ1v) is 6.03. The number of benzene rings is 1. The molecule has 86 valence electrons.